The lowest BCUT2D eigenvalue weighted by atomic mass is 10.1. The summed E-state index contributed by atoms with van der Waals surface area (Å²) in [5, 5.41) is 12.8. The number of nitrogens with zero attached hydrogens (tertiary/aromatic N) is 4. The van der Waals surface area contributed by atoms with Gasteiger partial charge in [-0.05, 0) is 23.9 Å². The summed E-state index contributed by atoms with van der Waals surface area (Å²) < 4.78 is 5.86. The van der Waals surface area contributed by atoms with E-state index >= 15 is 0 Å². The molecule has 0 spiro atoms. The number of amides is 1. The smallest absolute Gasteiger partial charge is 0.407 e. The molecular weight excluding hydrogens is 272 g/mol. The van der Waals surface area contributed by atoms with Gasteiger partial charge in [-0.1, -0.05) is 35.4 Å². The van der Waals surface area contributed by atoms with E-state index in [0.29, 0.717) is 26.0 Å². The van der Waals surface area contributed by atoms with Crippen LogP contribution in [-0.2, 0) is 11.3 Å². The Kier molecular flexibility index (Phi) is 5.43. The van der Waals surface area contributed by atoms with E-state index in [1.807, 2.05) is 30.3 Å². The van der Waals surface area contributed by atoms with E-state index in [1.54, 1.807) is 0 Å². The van der Waals surface area contributed by atoms with Gasteiger partial charge in [-0.25, -0.2) is 4.79 Å². The fourth-order valence-electron chi connectivity index (χ4n) is 2.43. The molecule has 1 aliphatic rings. The van der Waals surface area contributed by atoms with Crippen LogP contribution in [-0.4, -0.2) is 41.3 Å². The summed E-state index contributed by atoms with van der Waals surface area (Å²) >= 11 is 0. The lowest BCUT2D eigenvalue weighted by Gasteiger charge is -2.23. The summed E-state index contributed by atoms with van der Waals surface area (Å²) in [7, 11) is 0. The van der Waals surface area contributed by atoms with Crippen LogP contribution in [0, 0.1) is 0 Å². The van der Waals surface area contributed by atoms with E-state index in [4.69, 9.17) is 15.4 Å². The van der Waals surface area contributed by atoms with Gasteiger partial charge in [-0.2, -0.15) is 0 Å². The highest BCUT2D eigenvalue weighted by molar-refractivity contribution is 5.65. The Morgan fingerprint density at radius 3 is 2.90 bits per heavy atom. The van der Waals surface area contributed by atoms with E-state index < -0.39 is 12.1 Å². The quantitative estimate of drug-likeness (QED) is 0.524. The molecule has 1 aliphatic heterocycles. The third kappa shape index (κ3) is 4.37. The second-order valence-corrected chi connectivity index (χ2v) is 4.98. The largest absolute Gasteiger partial charge is 0.465 e. The Balaban J connectivity index is 2.02. The number of ether oxygens (including phenoxy) is 1. The molecule has 1 heterocycles. The standard InChI is InChI=1S/C14H18N4O3/c15-17-16-12-9-18(14(19)20)8-4-7-13(12)21-10-11-5-2-1-3-6-11/h1-3,5-6,12-13H,4,7-10H2,(H,19,20)/t12-,13-/m1/s1. The number of azide groups is 1. The highest BCUT2D eigenvalue weighted by Crippen LogP contribution is 2.19. The van der Waals surface area contributed by atoms with E-state index in [2.05, 4.69) is 10.0 Å². The van der Waals surface area contributed by atoms with Crippen molar-refractivity contribution in [3.05, 3.63) is 46.3 Å². The monoisotopic (exact) mass is 290 g/mol. The van der Waals surface area contributed by atoms with E-state index in [-0.39, 0.29) is 12.6 Å². The molecule has 0 unspecified atom stereocenters. The number of hydrogen-bond donors (Lipinski definition) is 1. The van der Waals surface area contributed by atoms with Crippen LogP contribution in [0.3, 0.4) is 0 Å². The lowest BCUT2D eigenvalue weighted by Crippen LogP contribution is -2.38. The number of hydrogen-bond acceptors (Lipinski definition) is 3. The van der Waals surface area contributed by atoms with Gasteiger partial charge < -0.3 is 14.7 Å². The third-order valence-electron chi connectivity index (χ3n) is 3.53. The van der Waals surface area contributed by atoms with Gasteiger partial charge in [-0.15, -0.1) is 0 Å². The van der Waals surface area contributed by atoms with Gasteiger partial charge in [0.25, 0.3) is 0 Å². The summed E-state index contributed by atoms with van der Waals surface area (Å²) in [6.07, 6.45) is 0.131. The average molecular weight is 290 g/mol. The van der Waals surface area contributed by atoms with Crippen molar-refractivity contribution in [2.75, 3.05) is 13.1 Å². The Labute approximate surface area is 122 Å². The van der Waals surface area contributed by atoms with Crippen molar-refractivity contribution in [1.82, 2.24) is 4.90 Å². The van der Waals surface area contributed by atoms with Gasteiger partial charge >= 0.3 is 6.09 Å². The molecule has 1 saturated heterocycles. The van der Waals surface area contributed by atoms with Gasteiger partial charge in [0.1, 0.15) is 0 Å². The second-order valence-electron chi connectivity index (χ2n) is 4.98. The van der Waals surface area contributed by atoms with Crippen molar-refractivity contribution < 1.29 is 14.6 Å². The number of benzene rings is 1. The summed E-state index contributed by atoms with van der Waals surface area (Å²) in [6, 6.07) is 9.23. The van der Waals surface area contributed by atoms with E-state index in [9.17, 15) is 4.79 Å². The summed E-state index contributed by atoms with van der Waals surface area (Å²) in [5.41, 5.74) is 9.71. The first-order valence-electron chi connectivity index (χ1n) is 6.88. The zero-order chi connectivity index (χ0) is 15.1. The normalized spacial score (nSPS) is 22.2. The molecule has 1 aromatic carbocycles. The first-order chi connectivity index (χ1) is 10.2. The summed E-state index contributed by atoms with van der Waals surface area (Å²) in [6.45, 7) is 1.05. The topological polar surface area (TPSA) is 98.5 Å². The fraction of sp³-hybridized carbons (Fsp3) is 0.500. The van der Waals surface area contributed by atoms with E-state index in [0.717, 1.165) is 5.56 Å². The molecule has 0 bridgehead atoms. The molecule has 7 nitrogen and oxygen atoms in total. The van der Waals surface area contributed by atoms with Gasteiger partial charge in [0.05, 0.1) is 18.8 Å². The summed E-state index contributed by atoms with van der Waals surface area (Å²) in [4.78, 5) is 15.2. The Morgan fingerprint density at radius 1 is 1.48 bits per heavy atom. The van der Waals surface area contributed by atoms with Gasteiger partial charge in [0.15, 0.2) is 0 Å². The van der Waals surface area contributed by atoms with Crippen LogP contribution in [0.15, 0.2) is 35.4 Å². The van der Waals surface area contributed by atoms with Crippen molar-refractivity contribution in [2.45, 2.75) is 31.6 Å². The SMILES string of the molecule is [N-]=[N+]=N[C@@H]1CN(C(=O)O)CCC[C@H]1OCc1ccccc1. The highest BCUT2D eigenvalue weighted by Gasteiger charge is 2.29. The maximum absolute atomic E-state index is 11.1. The Hall–Kier alpha value is -2.24. The van der Waals surface area contributed by atoms with Gasteiger partial charge in [-0.3, -0.25) is 0 Å². The van der Waals surface area contributed by atoms with Crippen LogP contribution in [0.5, 0.6) is 0 Å². The third-order valence-corrected chi connectivity index (χ3v) is 3.53. The number of carbonyl (C=O) groups is 1. The van der Waals surface area contributed by atoms with Crippen molar-refractivity contribution in [3.63, 3.8) is 0 Å². The van der Waals surface area contributed by atoms with Crippen LogP contribution >= 0.6 is 0 Å². The van der Waals surface area contributed by atoms with Crippen molar-refractivity contribution in [1.29, 1.82) is 0 Å². The Bertz CT molecular complexity index is 516. The van der Waals surface area contributed by atoms with Crippen LogP contribution < -0.4 is 0 Å². The molecule has 0 radical (unpaired) electrons. The maximum atomic E-state index is 11.1. The fourth-order valence-corrected chi connectivity index (χ4v) is 2.43. The minimum absolute atomic E-state index is 0.179. The first kappa shape index (κ1) is 15.2. The zero-order valence-corrected chi connectivity index (χ0v) is 11.6. The van der Waals surface area contributed by atoms with Gasteiger partial charge in [0.2, 0.25) is 0 Å². The molecule has 1 N–H and O–H groups in total. The molecule has 21 heavy (non-hydrogen) atoms. The number of carboxylic acid groups (broad SMARTS) is 1. The Morgan fingerprint density at radius 2 is 2.24 bits per heavy atom. The van der Waals surface area contributed by atoms with Crippen LogP contribution in [0.1, 0.15) is 18.4 Å². The minimum atomic E-state index is -0.989. The number of likely N-dealkylation sites (tertiary alicyclic amines) is 1. The molecule has 112 valence electrons. The molecule has 1 amide bonds. The molecule has 2 atom stereocenters. The summed E-state index contributed by atoms with van der Waals surface area (Å²) in [5.74, 6) is 0. The molecular formula is C14H18N4O3. The molecule has 1 aromatic rings. The predicted molar refractivity (Wildman–Crippen MR) is 76.8 cm³/mol. The minimum Gasteiger partial charge on any atom is -0.465 e. The van der Waals surface area contributed by atoms with Crippen molar-refractivity contribution in [2.24, 2.45) is 5.11 Å². The van der Waals surface area contributed by atoms with Crippen molar-refractivity contribution in [3.8, 4) is 0 Å². The second kappa shape index (κ2) is 7.52. The average Bonchev–Trinajstić information content (AvgIpc) is 2.69. The number of rotatable bonds is 4. The van der Waals surface area contributed by atoms with Crippen molar-refractivity contribution >= 4 is 6.09 Å². The zero-order valence-electron chi connectivity index (χ0n) is 11.6. The maximum Gasteiger partial charge on any atom is 0.407 e. The highest BCUT2D eigenvalue weighted by atomic mass is 16.5. The molecule has 2 rings (SSSR count). The van der Waals surface area contributed by atoms with Gasteiger partial charge in [0, 0.05) is 18.0 Å². The predicted octanol–water partition coefficient (Wildman–Crippen LogP) is 3.02. The van der Waals surface area contributed by atoms with Crippen LogP contribution in [0.2, 0.25) is 0 Å². The molecule has 1 fully saturated rings. The van der Waals surface area contributed by atoms with Crippen LogP contribution in [0.25, 0.3) is 10.4 Å². The molecule has 0 aliphatic carbocycles. The molecule has 0 saturated carbocycles. The lowest BCUT2D eigenvalue weighted by molar-refractivity contribution is 0.0197. The first-order valence-corrected chi connectivity index (χ1v) is 6.88. The molecule has 0 aromatic heterocycles. The van der Waals surface area contributed by atoms with E-state index in [1.165, 1.54) is 4.90 Å². The molecule has 7 heteroatoms. The van der Waals surface area contributed by atoms with Crippen LogP contribution in [0.4, 0.5) is 4.79 Å².